The van der Waals surface area contributed by atoms with Crippen LogP contribution in [0.5, 0.6) is 0 Å². The Labute approximate surface area is 144 Å². The first-order valence-corrected chi connectivity index (χ1v) is 8.66. The molecule has 1 aromatic carbocycles. The predicted molar refractivity (Wildman–Crippen MR) is 93.4 cm³/mol. The lowest BCUT2D eigenvalue weighted by molar-refractivity contribution is -0.385. The summed E-state index contributed by atoms with van der Waals surface area (Å²) in [6.07, 6.45) is 2.72. The normalized spacial score (nSPS) is 17.2. The quantitative estimate of drug-likeness (QED) is 0.461. The average Bonchev–Trinajstić information content (AvgIpc) is 3.08. The number of hydrogen-bond acceptors (Lipinski definition) is 5. The highest BCUT2D eigenvalue weighted by Gasteiger charge is 2.35. The molecule has 1 aliphatic heterocycles. The van der Waals surface area contributed by atoms with Crippen molar-refractivity contribution in [2.24, 2.45) is 0 Å². The van der Waals surface area contributed by atoms with Crippen LogP contribution in [0.15, 0.2) is 30.3 Å². The zero-order valence-electron chi connectivity index (χ0n) is 13.5. The van der Waals surface area contributed by atoms with E-state index in [2.05, 4.69) is 0 Å². The summed E-state index contributed by atoms with van der Waals surface area (Å²) in [5.41, 5.74) is 0.298. The first-order valence-electron chi connectivity index (χ1n) is 7.50. The molecule has 0 bridgehead atoms. The number of thioether (sulfide) groups is 1. The Kier molecular flexibility index (Phi) is 5.97. The molecule has 0 radical (unpaired) electrons. The number of rotatable bonds is 5. The van der Waals surface area contributed by atoms with Crippen molar-refractivity contribution in [3.8, 4) is 0 Å². The Hall–Kier alpha value is -2.35. The van der Waals surface area contributed by atoms with E-state index in [1.165, 1.54) is 34.9 Å². The van der Waals surface area contributed by atoms with E-state index in [4.69, 9.17) is 0 Å². The van der Waals surface area contributed by atoms with E-state index in [-0.39, 0.29) is 17.5 Å². The summed E-state index contributed by atoms with van der Waals surface area (Å²) in [6, 6.07) is 5.73. The minimum Gasteiger partial charge on any atom is -0.344 e. The molecule has 0 saturated carbocycles. The topological polar surface area (TPSA) is 83.8 Å². The minimum absolute atomic E-state index is 0.0595. The van der Waals surface area contributed by atoms with E-state index in [0.29, 0.717) is 23.7 Å². The van der Waals surface area contributed by atoms with Gasteiger partial charge in [0.1, 0.15) is 6.04 Å². The highest BCUT2D eigenvalue weighted by atomic mass is 32.2. The van der Waals surface area contributed by atoms with Gasteiger partial charge in [-0.05, 0) is 19.1 Å². The fourth-order valence-electron chi connectivity index (χ4n) is 2.33. The molecule has 1 saturated heterocycles. The lowest BCUT2D eigenvalue weighted by Gasteiger charge is -2.25. The van der Waals surface area contributed by atoms with E-state index < -0.39 is 11.0 Å². The minimum atomic E-state index is -0.488. The highest BCUT2D eigenvalue weighted by Crippen LogP contribution is 2.24. The molecule has 8 heteroatoms. The van der Waals surface area contributed by atoms with Crippen molar-refractivity contribution >= 4 is 35.3 Å². The van der Waals surface area contributed by atoms with Crippen LogP contribution in [0.25, 0.3) is 6.08 Å². The summed E-state index contributed by atoms with van der Waals surface area (Å²) in [5.74, 6) is 0.596. The second-order valence-corrected chi connectivity index (χ2v) is 6.33. The van der Waals surface area contributed by atoms with Crippen molar-refractivity contribution in [1.29, 1.82) is 0 Å². The third-order valence-corrected chi connectivity index (χ3v) is 4.85. The first-order chi connectivity index (χ1) is 11.5. The van der Waals surface area contributed by atoms with Crippen LogP contribution in [0.4, 0.5) is 5.69 Å². The lowest BCUT2D eigenvalue weighted by atomic mass is 10.1. The third-order valence-electron chi connectivity index (χ3n) is 3.84. The summed E-state index contributed by atoms with van der Waals surface area (Å²) in [6.45, 7) is 2.45. The molecule has 0 aliphatic carbocycles. The molecule has 2 rings (SSSR count). The number of carbonyl (C=O) groups is 2. The molecule has 0 N–H and O–H groups in total. The molecule has 0 spiro atoms. The molecule has 1 fully saturated rings. The van der Waals surface area contributed by atoms with Crippen LogP contribution in [-0.4, -0.2) is 57.8 Å². The van der Waals surface area contributed by atoms with Gasteiger partial charge >= 0.3 is 0 Å². The van der Waals surface area contributed by atoms with Gasteiger partial charge in [-0.15, -0.1) is 11.8 Å². The first kappa shape index (κ1) is 18.0. The molecule has 1 aromatic rings. The molecular weight excluding hydrogens is 330 g/mol. The highest BCUT2D eigenvalue weighted by molar-refractivity contribution is 7.99. The van der Waals surface area contributed by atoms with Crippen LogP contribution in [0.2, 0.25) is 0 Å². The van der Waals surface area contributed by atoms with Gasteiger partial charge in [-0.25, -0.2) is 0 Å². The Morgan fingerprint density at radius 1 is 1.46 bits per heavy atom. The SMILES string of the molecule is CCN(C)C(=O)C1CSCN1C(=O)C=Cc1ccccc1[N+](=O)[O-]. The van der Waals surface area contributed by atoms with Crippen LogP contribution in [0, 0.1) is 10.1 Å². The van der Waals surface area contributed by atoms with Crippen molar-refractivity contribution in [2.45, 2.75) is 13.0 Å². The number of carbonyl (C=O) groups excluding carboxylic acids is 2. The van der Waals surface area contributed by atoms with Crippen LogP contribution in [-0.2, 0) is 9.59 Å². The predicted octanol–water partition coefficient (Wildman–Crippen LogP) is 1.99. The van der Waals surface area contributed by atoms with Gasteiger partial charge in [0, 0.05) is 31.5 Å². The Morgan fingerprint density at radius 3 is 2.83 bits per heavy atom. The molecule has 1 atom stereocenters. The molecule has 2 amide bonds. The van der Waals surface area contributed by atoms with Crippen molar-refractivity contribution in [1.82, 2.24) is 9.80 Å². The van der Waals surface area contributed by atoms with Crippen LogP contribution in [0.3, 0.4) is 0 Å². The van der Waals surface area contributed by atoms with E-state index in [1.807, 2.05) is 6.92 Å². The van der Waals surface area contributed by atoms with Crippen LogP contribution >= 0.6 is 11.8 Å². The smallest absolute Gasteiger partial charge is 0.276 e. The number of likely N-dealkylation sites (N-methyl/N-ethyl adjacent to an activating group) is 1. The summed E-state index contributed by atoms with van der Waals surface area (Å²) in [5, 5.41) is 11.0. The van der Waals surface area contributed by atoms with E-state index in [1.54, 1.807) is 30.1 Å². The van der Waals surface area contributed by atoms with Gasteiger partial charge in [0.2, 0.25) is 11.8 Å². The van der Waals surface area contributed by atoms with Crippen molar-refractivity contribution in [3.63, 3.8) is 0 Å². The summed E-state index contributed by atoms with van der Waals surface area (Å²) < 4.78 is 0. The van der Waals surface area contributed by atoms with Crippen molar-refractivity contribution < 1.29 is 14.5 Å². The molecule has 1 aliphatic rings. The second-order valence-electron chi connectivity index (χ2n) is 5.33. The maximum Gasteiger partial charge on any atom is 0.276 e. The second kappa shape index (κ2) is 7.96. The van der Waals surface area contributed by atoms with Gasteiger partial charge in [0.05, 0.1) is 16.4 Å². The van der Waals surface area contributed by atoms with Crippen LogP contribution < -0.4 is 0 Å². The van der Waals surface area contributed by atoms with Gasteiger partial charge in [-0.2, -0.15) is 0 Å². The zero-order chi connectivity index (χ0) is 17.7. The number of para-hydroxylation sites is 1. The van der Waals surface area contributed by atoms with Crippen LogP contribution in [0.1, 0.15) is 12.5 Å². The Balaban J connectivity index is 2.14. The maximum atomic E-state index is 12.4. The maximum absolute atomic E-state index is 12.4. The third kappa shape index (κ3) is 3.94. The fourth-order valence-corrected chi connectivity index (χ4v) is 3.48. The molecule has 24 heavy (non-hydrogen) atoms. The van der Waals surface area contributed by atoms with Gasteiger partial charge < -0.3 is 9.80 Å². The molecule has 0 aromatic heterocycles. The fraction of sp³-hybridized carbons (Fsp3) is 0.375. The summed E-state index contributed by atoms with van der Waals surface area (Å²) >= 11 is 1.52. The number of nitro groups is 1. The van der Waals surface area contributed by atoms with Crippen molar-refractivity contribution in [2.75, 3.05) is 25.2 Å². The number of amides is 2. The monoisotopic (exact) mass is 349 g/mol. The van der Waals surface area contributed by atoms with Gasteiger partial charge in [0.25, 0.3) is 5.69 Å². The average molecular weight is 349 g/mol. The Bertz CT molecular complexity index is 677. The number of nitro benzene ring substituents is 1. The molecule has 7 nitrogen and oxygen atoms in total. The zero-order valence-corrected chi connectivity index (χ0v) is 14.4. The lowest BCUT2D eigenvalue weighted by Crippen LogP contribution is -2.47. The number of nitrogens with zero attached hydrogens (tertiary/aromatic N) is 3. The van der Waals surface area contributed by atoms with E-state index in [9.17, 15) is 19.7 Å². The summed E-state index contributed by atoms with van der Waals surface area (Å²) in [7, 11) is 1.71. The standard InChI is InChI=1S/C16H19N3O4S/c1-3-17(2)16(21)14-10-24-11-18(14)15(20)9-8-12-6-4-5-7-13(12)19(22)23/h4-9,14H,3,10-11H2,1-2H3. The molecular formula is C16H19N3O4S. The van der Waals surface area contributed by atoms with E-state index in [0.717, 1.165) is 0 Å². The van der Waals surface area contributed by atoms with Gasteiger partial charge in [-0.1, -0.05) is 12.1 Å². The molecule has 1 unspecified atom stereocenters. The Morgan fingerprint density at radius 2 is 2.17 bits per heavy atom. The largest absolute Gasteiger partial charge is 0.344 e. The number of hydrogen-bond donors (Lipinski definition) is 0. The van der Waals surface area contributed by atoms with Crippen molar-refractivity contribution in [3.05, 3.63) is 46.0 Å². The van der Waals surface area contributed by atoms with Gasteiger partial charge in [0.15, 0.2) is 0 Å². The summed E-state index contributed by atoms with van der Waals surface area (Å²) in [4.78, 5) is 38.3. The van der Waals surface area contributed by atoms with E-state index >= 15 is 0 Å². The molecule has 1 heterocycles. The molecule has 128 valence electrons. The number of benzene rings is 1. The van der Waals surface area contributed by atoms with Gasteiger partial charge in [-0.3, -0.25) is 19.7 Å².